The smallest absolute Gasteiger partial charge is 0.389 e. The summed E-state index contributed by atoms with van der Waals surface area (Å²) in [5, 5.41) is 12.0. The Hall–Kier alpha value is -0.720. The van der Waals surface area contributed by atoms with Crippen LogP contribution in [0.3, 0.4) is 0 Å². The summed E-state index contributed by atoms with van der Waals surface area (Å²) in [6, 6.07) is 0. The molecule has 0 fully saturated rings. The van der Waals surface area contributed by atoms with E-state index in [9.17, 15) is 14.5 Å². The first-order valence-electron chi connectivity index (χ1n) is 10.6. The number of carbonyl (C=O) groups is 1. The van der Waals surface area contributed by atoms with Gasteiger partial charge in [-0.1, -0.05) is 70.3 Å². The maximum atomic E-state index is 11.6. The molecule has 0 saturated heterocycles. The minimum atomic E-state index is -4.59. The van der Waals surface area contributed by atoms with Crippen LogP contribution in [0.2, 0.25) is 0 Å². The molecule has 1 atom stereocenters. The molecular weight excluding hydrogens is 381 g/mol. The molecule has 0 aliphatic heterocycles. The van der Waals surface area contributed by atoms with Crippen molar-refractivity contribution in [3.63, 3.8) is 0 Å². The zero-order chi connectivity index (χ0) is 21.1. The summed E-state index contributed by atoms with van der Waals surface area (Å²) in [4.78, 5) is 28.7. The minimum absolute atomic E-state index is 0.0763. The second kappa shape index (κ2) is 18.3. The fraction of sp³-hybridized carbons (Fsp3) is 0.850. The van der Waals surface area contributed by atoms with E-state index in [-0.39, 0.29) is 12.5 Å². The molecule has 0 aromatic heterocycles. The SMILES string of the molecule is C=CCCCCCCCCCCCCCCC(=O)NCC(O)COP(=O)(O)O. The van der Waals surface area contributed by atoms with Gasteiger partial charge in [0.25, 0.3) is 0 Å². The van der Waals surface area contributed by atoms with Crippen LogP contribution in [0, 0.1) is 0 Å². The van der Waals surface area contributed by atoms with Gasteiger partial charge in [-0.05, 0) is 19.3 Å². The summed E-state index contributed by atoms with van der Waals surface area (Å²) in [5.74, 6) is -0.164. The zero-order valence-electron chi connectivity index (χ0n) is 17.2. The number of phosphoric acid groups is 1. The summed E-state index contributed by atoms with van der Waals surface area (Å²) in [6.07, 6.45) is 17.0. The van der Waals surface area contributed by atoms with Crippen molar-refractivity contribution >= 4 is 13.7 Å². The lowest BCUT2D eigenvalue weighted by Gasteiger charge is -2.12. The van der Waals surface area contributed by atoms with Gasteiger partial charge in [-0.3, -0.25) is 9.32 Å². The highest BCUT2D eigenvalue weighted by Gasteiger charge is 2.17. The number of nitrogens with one attached hydrogen (secondary N) is 1. The van der Waals surface area contributed by atoms with Crippen molar-refractivity contribution in [1.29, 1.82) is 0 Å². The Bertz CT molecular complexity index is 440. The Balaban J connectivity index is 3.32. The number of amides is 1. The van der Waals surface area contributed by atoms with E-state index >= 15 is 0 Å². The van der Waals surface area contributed by atoms with E-state index in [0.717, 1.165) is 25.7 Å². The highest BCUT2D eigenvalue weighted by Crippen LogP contribution is 2.35. The lowest BCUT2D eigenvalue weighted by Crippen LogP contribution is -2.34. The Kier molecular flexibility index (Phi) is 17.8. The number of unbranched alkanes of at least 4 members (excludes halogenated alkanes) is 12. The molecule has 28 heavy (non-hydrogen) atoms. The van der Waals surface area contributed by atoms with Gasteiger partial charge >= 0.3 is 7.82 Å². The van der Waals surface area contributed by atoms with E-state index in [0.29, 0.717) is 6.42 Å². The molecule has 0 spiro atoms. The maximum absolute atomic E-state index is 11.6. The van der Waals surface area contributed by atoms with Crippen LogP contribution in [0.5, 0.6) is 0 Å². The molecule has 0 saturated carbocycles. The number of aliphatic hydroxyl groups is 1. The average molecular weight is 422 g/mol. The van der Waals surface area contributed by atoms with Gasteiger partial charge in [-0.2, -0.15) is 0 Å². The average Bonchev–Trinajstić information content (AvgIpc) is 2.64. The summed E-state index contributed by atoms with van der Waals surface area (Å²) in [5.41, 5.74) is 0. The largest absolute Gasteiger partial charge is 0.469 e. The Labute approximate surface area is 170 Å². The first kappa shape index (κ1) is 27.3. The highest BCUT2D eigenvalue weighted by molar-refractivity contribution is 7.46. The number of aliphatic hydroxyl groups excluding tert-OH is 1. The summed E-state index contributed by atoms with van der Waals surface area (Å²) >= 11 is 0. The third-order valence-electron chi connectivity index (χ3n) is 4.53. The van der Waals surface area contributed by atoms with Crippen LogP contribution in [-0.2, 0) is 13.9 Å². The predicted octanol–water partition coefficient (Wildman–Crippen LogP) is 4.22. The van der Waals surface area contributed by atoms with Crippen molar-refractivity contribution < 1.29 is 28.8 Å². The van der Waals surface area contributed by atoms with Crippen molar-refractivity contribution in [2.45, 2.75) is 96.0 Å². The van der Waals surface area contributed by atoms with E-state index in [1.807, 2.05) is 6.08 Å². The third kappa shape index (κ3) is 21.6. The van der Waals surface area contributed by atoms with Crippen LogP contribution < -0.4 is 5.32 Å². The lowest BCUT2D eigenvalue weighted by atomic mass is 10.0. The van der Waals surface area contributed by atoms with E-state index in [1.165, 1.54) is 57.8 Å². The fourth-order valence-corrected chi connectivity index (χ4v) is 3.27. The number of hydrogen-bond donors (Lipinski definition) is 4. The first-order chi connectivity index (χ1) is 13.3. The molecule has 0 aliphatic carbocycles. The summed E-state index contributed by atoms with van der Waals surface area (Å²) in [7, 11) is -4.59. The zero-order valence-corrected chi connectivity index (χ0v) is 18.1. The number of rotatable bonds is 20. The molecule has 0 heterocycles. The van der Waals surface area contributed by atoms with Crippen molar-refractivity contribution in [1.82, 2.24) is 5.32 Å². The molecule has 1 unspecified atom stereocenters. The molecule has 0 aliphatic rings. The second-order valence-corrected chi connectivity index (χ2v) is 8.55. The predicted molar refractivity (Wildman–Crippen MR) is 112 cm³/mol. The van der Waals surface area contributed by atoms with Crippen LogP contribution in [0.25, 0.3) is 0 Å². The van der Waals surface area contributed by atoms with Crippen molar-refractivity contribution in [2.75, 3.05) is 13.2 Å². The lowest BCUT2D eigenvalue weighted by molar-refractivity contribution is -0.121. The van der Waals surface area contributed by atoms with Gasteiger partial charge in [-0.15, -0.1) is 6.58 Å². The quantitative estimate of drug-likeness (QED) is 0.133. The molecule has 0 radical (unpaired) electrons. The van der Waals surface area contributed by atoms with Crippen LogP contribution in [-0.4, -0.2) is 40.1 Å². The number of hydrogen-bond acceptors (Lipinski definition) is 4. The van der Waals surface area contributed by atoms with Gasteiger partial charge in [0.1, 0.15) is 0 Å². The molecule has 0 bridgehead atoms. The third-order valence-corrected chi connectivity index (χ3v) is 5.02. The standard InChI is InChI=1S/C20H40NO6P/c1-2-3-4-5-6-7-8-9-10-11-12-13-14-15-16-20(23)21-17-19(22)18-27-28(24,25)26/h2,19,22H,1,3-18H2,(H,21,23)(H2,24,25,26). The van der Waals surface area contributed by atoms with Crippen molar-refractivity contribution in [3.8, 4) is 0 Å². The van der Waals surface area contributed by atoms with E-state index in [2.05, 4.69) is 16.4 Å². The Morgan fingerprint density at radius 2 is 1.39 bits per heavy atom. The molecule has 0 rings (SSSR count). The van der Waals surface area contributed by atoms with Crippen LogP contribution >= 0.6 is 7.82 Å². The van der Waals surface area contributed by atoms with Gasteiger partial charge in [0.05, 0.1) is 12.7 Å². The van der Waals surface area contributed by atoms with Crippen molar-refractivity contribution in [2.24, 2.45) is 0 Å². The molecule has 4 N–H and O–H groups in total. The molecule has 0 aromatic rings. The highest BCUT2D eigenvalue weighted by atomic mass is 31.2. The maximum Gasteiger partial charge on any atom is 0.469 e. The monoisotopic (exact) mass is 421 g/mol. The molecule has 1 amide bonds. The molecular formula is C20H40NO6P. The van der Waals surface area contributed by atoms with Gasteiger partial charge in [0.15, 0.2) is 0 Å². The number of phosphoric ester groups is 1. The van der Waals surface area contributed by atoms with Crippen LogP contribution in [0.4, 0.5) is 0 Å². The molecule has 0 aromatic carbocycles. The van der Waals surface area contributed by atoms with Crippen LogP contribution in [0.1, 0.15) is 89.9 Å². The van der Waals surface area contributed by atoms with Gasteiger partial charge in [0.2, 0.25) is 5.91 Å². The van der Waals surface area contributed by atoms with Crippen molar-refractivity contribution in [3.05, 3.63) is 12.7 Å². The molecule has 8 heteroatoms. The minimum Gasteiger partial charge on any atom is -0.389 e. The number of carbonyl (C=O) groups excluding carboxylic acids is 1. The van der Waals surface area contributed by atoms with Gasteiger partial charge < -0.3 is 20.2 Å². The van der Waals surface area contributed by atoms with Gasteiger partial charge in [0, 0.05) is 13.0 Å². The first-order valence-corrected chi connectivity index (χ1v) is 12.1. The van der Waals surface area contributed by atoms with E-state index in [4.69, 9.17) is 9.79 Å². The second-order valence-electron chi connectivity index (χ2n) is 7.31. The normalized spacial score (nSPS) is 12.7. The van der Waals surface area contributed by atoms with Gasteiger partial charge in [-0.25, -0.2) is 4.57 Å². The number of allylic oxidation sites excluding steroid dienone is 1. The molecule has 7 nitrogen and oxygen atoms in total. The van der Waals surface area contributed by atoms with E-state index < -0.39 is 20.5 Å². The Morgan fingerprint density at radius 3 is 1.86 bits per heavy atom. The fourth-order valence-electron chi connectivity index (χ4n) is 2.90. The van der Waals surface area contributed by atoms with Crippen LogP contribution in [0.15, 0.2) is 12.7 Å². The van der Waals surface area contributed by atoms with E-state index in [1.54, 1.807) is 0 Å². The summed E-state index contributed by atoms with van der Waals surface area (Å²) < 4.78 is 14.7. The topological polar surface area (TPSA) is 116 Å². The summed E-state index contributed by atoms with van der Waals surface area (Å²) in [6.45, 7) is 3.15. The molecule has 166 valence electrons. The Morgan fingerprint density at radius 1 is 0.929 bits per heavy atom.